The van der Waals surface area contributed by atoms with Gasteiger partial charge in [-0.05, 0) is 42.9 Å². The summed E-state index contributed by atoms with van der Waals surface area (Å²) in [5.74, 6) is 0.744. The first-order valence-corrected chi connectivity index (χ1v) is 8.74. The summed E-state index contributed by atoms with van der Waals surface area (Å²) in [4.78, 5) is 0. The fourth-order valence-electron chi connectivity index (χ4n) is 3.55. The van der Waals surface area contributed by atoms with Crippen molar-refractivity contribution < 1.29 is 4.39 Å². The SMILES string of the molecule is CCCCC(NC1CCCC(CC)C1)c1ccc(F)cc1. The van der Waals surface area contributed by atoms with E-state index >= 15 is 0 Å². The Bertz CT molecular complexity index is 401. The maximum atomic E-state index is 13.1. The van der Waals surface area contributed by atoms with Crippen molar-refractivity contribution in [2.75, 3.05) is 0 Å². The van der Waals surface area contributed by atoms with Gasteiger partial charge < -0.3 is 5.32 Å². The van der Waals surface area contributed by atoms with E-state index < -0.39 is 0 Å². The van der Waals surface area contributed by atoms with Gasteiger partial charge in [-0.15, -0.1) is 0 Å². The molecule has 1 N–H and O–H groups in total. The molecule has 2 rings (SSSR count). The summed E-state index contributed by atoms with van der Waals surface area (Å²) in [6.45, 7) is 4.54. The van der Waals surface area contributed by atoms with Crippen molar-refractivity contribution in [2.24, 2.45) is 5.92 Å². The van der Waals surface area contributed by atoms with Crippen LogP contribution in [0.4, 0.5) is 4.39 Å². The summed E-state index contributed by atoms with van der Waals surface area (Å²) in [6, 6.07) is 8.09. The maximum absolute atomic E-state index is 13.1. The van der Waals surface area contributed by atoms with Gasteiger partial charge in [-0.25, -0.2) is 4.39 Å². The molecule has 1 fully saturated rings. The van der Waals surface area contributed by atoms with E-state index in [2.05, 4.69) is 19.2 Å². The molecule has 0 heterocycles. The van der Waals surface area contributed by atoms with E-state index in [-0.39, 0.29) is 5.82 Å². The van der Waals surface area contributed by atoms with E-state index in [0.717, 1.165) is 12.3 Å². The van der Waals surface area contributed by atoms with E-state index in [1.807, 2.05) is 12.1 Å². The molecule has 1 aliphatic carbocycles. The molecule has 1 aromatic carbocycles. The molecule has 0 saturated heterocycles. The van der Waals surface area contributed by atoms with E-state index in [9.17, 15) is 4.39 Å². The zero-order valence-electron chi connectivity index (χ0n) is 13.6. The topological polar surface area (TPSA) is 12.0 Å². The minimum atomic E-state index is -0.142. The van der Waals surface area contributed by atoms with Crippen molar-refractivity contribution >= 4 is 0 Å². The van der Waals surface area contributed by atoms with Crippen LogP contribution in [-0.2, 0) is 0 Å². The smallest absolute Gasteiger partial charge is 0.123 e. The first-order chi connectivity index (χ1) is 10.2. The maximum Gasteiger partial charge on any atom is 0.123 e. The van der Waals surface area contributed by atoms with Crippen LogP contribution >= 0.6 is 0 Å². The average Bonchev–Trinajstić information content (AvgIpc) is 2.52. The lowest BCUT2D eigenvalue weighted by Gasteiger charge is -2.33. The second-order valence-electron chi connectivity index (χ2n) is 6.55. The van der Waals surface area contributed by atoms with Crippen molar-refractivity contribution in [1.82, 2.24) is 5.32 Å². The van der Waals surface area contributed by atoms with E-state index in [1.54, 1.807) is 12.1 Å². The van der Waals surface area contributed by atoms with Gasteiger partial charge in [-0.2, -0.15) is 0 Å². The predicted octanol–water partition coefficient (Wildman–Crippen LogP) is 5.62. The van der Waals surface area contributed by atoms with Crippen molar-refractivity contribution in [1.29, 1.82) is 0 Å². The normalized spacial score (nSPS) is 24.0. The Hall–Kier alpha value is -0.890. The van der Waals surface area contributed by atoms with Gasteiger partial charge in [0.05, 0.1) is 0 Å². The molecule has 0 aliphatic heterocycles. The summed E-state index contributed by atoms with van der Waals surface area (Å²) in [5, 5.41) is 3.87. The summed E-state index contributed by atoms with van der Waals surface area (Å²) < 4.78 is 13.1. The number of rotatable bonds is 7. The molecule has 0 amide bonds. The summed E-state index contributed by atoms with van der Waals surface area (Å²) in [7, 11) is 0. The Labute approximate surface area is 129 Å². The highest BCUT2D eigenvalue weighted by molar-refractivity contribution is 5.20. The van der Waals surface area contributed by atoms with Crippen molar-refractivity contribution in [3.63, 3.8) is 0 Å². The zero-order valence-corrected chi connectivity index (χ0v) is 13.6. The lowest BCUT2D eigenvalue weighted by Crippen LogP contribution is -2.36. The molecule has 0 radical (unpaired) electrons. The number of unbranched alkanes of at least 4 members (excludes halogenated alkanes) is 1. The first-order valence-electron chi connectivity index (χ1n) is 8.74. The molecule has 21 heavy (non-hydrogen) atoms. The van der Waals surface area contributed by atoms with Gasteiger partial charge in [0.1, 0.15) is 5.82 Å². The number of nitrogens with one attached hydrogen (secondary N) is 1. The van der Waals surface area contributed by atoms with Crippen LogP contribution in [0.25, 0.3) is 0 Å². The number of benzene rings is 1. The minimum absolute atomic E-state index is 0.142. The molecule has 1 saturated carbocycles. The Morgan fingerprint density at radius 2 is 1.95 bits per heavy atom. The zero-order chi connectivity index (χ0) is 15.1. The van der Waals surface area contributed by atoms with Crippen molar-refractivity contribution in [3.05, 3.63) is 35.6 Å². The van der Waals surface area contributed by atoms with Gasteiger partial charge in [0.2, 0.25) is 0 Å². The fourth-order valence-corrected chi connectivity index (χ4v) is 3.55. The third-order valence-corrected chi connectivity index (χ3v) is 4.92. The summed E-state index contributed by atoms with van der Waals surface area (Å²) >= 11 is 0. The van der Waals surface area contributed by atoms with Crippen LogP contribution < -0.4 is 5.32 Å². The molecule has 118 valence electrons. The van der Waals surface area contributed by atoms with Crippen molar-refractivity contribution in [2.45, 2.75) is 77.3 Å². The highest BCUT2D eigenvalue weighted by Gasteiger charge is 2.23. The van der Waals surface area contributed by atoms with Gasteiger partial charge in [-0.3, -0.25) is 0 Å². The van der Waals surface area contributed by atoms with Crippen LogP contribution in [0.1, 0.15) is 76.8 Å². The van der Waals surface area contributed by atoms with E-state index in [1.165, 1.54) is 50.5 Å². The van der Waals surface area contributed by atoms with Gasteiger partial charge in [0.25, 0.3) is 0 Å². The summed E-state index contributed by atoms with van der Waals surface area (Å²) in [5.41, 5.74) is 1.24. The predicted molar refractivity (Wildman–Crippen MR) is 87.8 cm³/mol. The van der Waals surface area contributed by atoms with Crippen LogP contribution in [0.3, 0.4) is 0 Å². The fraction of sp³-hybridized carbons (Fsp3) is 0.684. The molecule has 0 bridgehead atoms. The molecular weight excluding hydrogens is 261 g/mol. The second-order valence-corrected chi connectivity index (χ2v) is 6.55. The molecule has 1 nitrogen and oxygen atoms in total. The van der Waals surface area contributed by atoms with E-state index in [4.69, 9.17) is 0 Å². The highest BCUT2D eigenvalue weighted by atomic mass is 19.1. The molecular formula is C19H30FN. The van der Waals surface area contributed by atoms with Crippen LogP contribution in [0.2, 0.25) is 0 Å². The Morgan fingerprint density at radius 3 is 2.62 bits per heavy atom. The van der Waals surface area contributed by atoms with Gasteiger partial charge in [-0.1, -0.05) is 58.1 Å². The van der Waals surface area contributed by atoms with E-state index in [0.29, 0.717) is 12.1 Å². The number of hydrogen-bond donors (Lipinski definition) is 1. The second kappa shape index (κ2) is 8.53. The first kappa shape index (κ1) is 16.5. The monoisotopic (exact) mass is 291 g/mol. The molecule has 1 aromatic rings. The minimum Gasteiger partial charge on any atom is -0.307 e. The van der Waals surface area contributed by atoms with Gasteiger partial charge in [0.15, 0.2) is 0 Å². The average molecular weight is 291 g/mol. The molecule has 3 unspecified atom stereocenters. The van der Waals surface area contributed by atoms with Crippen LogP contribution in [-0.4, -0.2) is 6.04 Å². The molecule has 0 spiro atoms. The molecule has 0 aromatic heterocycles. The Morgan fingerprint density at radius 1 is 1.19 bits per heavy atom. The van der Waals surface area contributed by atoms with Gasteiger partial charge >= 0.3 is 0 Å². The molecule has 2 heteroatoms. The lowest BCUT2D eigenvalue weighted by atomic mass is 9.83. The highest BCUT2D eigenvalue weighted by Crippen LogP contribution is 2.29. The third-order valence-electron chi connectivity index (χ3n) is 4.92. The van der Waals surface area contributed by atoms with Crippen LogP contribution in [0, 0.1) is 11.7 Å². The largest absolute Gasteiger partial charge is 0.307 e. The molecule has 3 atom stereocenters. The standard InChI is InChI=1S/C19H30FN/c1-3-5-9-19(16-10-12-17(20)13-11-16)21-18-8-6-7-15(4-2)14-18/h10-13,15,18-19,21H,3-9,14H2,1-2H3. The lowest BCUT2D eigenvalue weighted by molar-refractivity contribution is 0.257. The van der Waals surface area contributed by atoms with Crippen LogP contribution in [0.15, 0.2) is 24.3 Å². The Kier molecular flexibility index (Phi) is 6.69. The molecule has 1 aliphatic rings. The van der Waals surface area contributed by atoms with Crippen LogP contribution in [0.5, 0.6) is 0 Å². The Balaban J connectivity index is 2.00. The van der Waals surface area contributed by atoms with Gasteiger partial charge in [0, 0.05) is 12.1 Å². The quantitative estimate of drug-likeness (QED) is 0.688. The van der Waals surface area contributed by atoms with Crippen molar-refractivity contribution in [3.8, 4) is 0 Å². The summed E-state index contributed by atoms with van der Waals surface area (Å²) in [6.07, 6.45) is 10.2. The third kappa shape index (κ3) is 5.10. The number of halogens is 1. The number of hydrogen-bond acceptors (Lipinski definition) is 1.